The Morgan fingerprint density at radius 2 is 1.84 bits per heavy atom. The molecule has 0 bridgehead atoms. The van der Waals surface area contributed by atoms with Crippen LogP contribution < -0.4 is 10.2 Å². The fraction of sp³-hybridized carbons (Fsp3) is 0.381. The first-order valence-corrected chi connectivity index (χ1v) is 8.94. The molecule has 1 heterocycles. The lowest BCUT2D eigenvalue weighted by atomic mass is 9.88. The van der Waals surface area contributed by atoms with Crippen molar-refractivity contribution in [2.75, 3.05) is 18.0 Å². The zero-order chi connectivity index (χ0) is 17.8. The number of phenolic OH excluding ortho intramolecular Hbond substituents is 1. The zero-order valence-electron chi connectivity index (χ0n) is 14.9. The topological polar surface area (TPSA) is 52.6 Å². The van der Waals surface area contributed by atoms with E-state index in [0.29, 0.717) is 11.7 Å². The Morgan fingerprint density at radius 3 is 2.44 bits per heavy atom. The second-order valence-corrected chi connectivity index (χ2v) is 6.87. The Morgan fingerprint density at radius 1 is 1.16 bits per heavy atom. The number of phenols is 1. The molecule has 0 aliphatic carbocycles. The maximum absolute atomic E-state index is 11.2. The third-order valence-corrected chi connectivity index (χ3v) is 5.02. The van der Waals surface area contributed by atoms with Crippen LogP contribution in [-0.4, -0.2) is 24.1 Å². The summed E-state index contributed by atoms with van der Waals surface area (Å²) in [6, 6.07) is 16.2. The number of carbonyl (C=O) groups excluding carboxylic acids is 1. The van der Waals surface area contributed by atoms with Crippen LogP contribution in [0.4, 0.5) is 5.69 Å². The number of anilines is 1. The molecule has 0 saturated carbocycles. The van der Waals surface area contributed by atoms with E-state index < -0.39 is 0 Å². The minimum Gasteiger partial charge on any atom is -0.508 e. The first-order chi connectivity index (χ1) is 12.0. The van der Waals surface area contributed by atoms with Crippen molar-refractivity contribution in [2.24, 2.45) is 0 Å². The molecule has 1 fully saturated rings. The van der Waals surface area contributed by atoms with Crippen LogP contribution in [0.25, 0.3) is 0 Å². The third-order valence-electron chi connectivity index (χ3n) is 5.02. The molecule has 1 amide bonds. The van der Waals surface area contributed by atoms with E-state index in [1.54, 1.807) is 13.0 Å². The molecule has 3 rings (SSSR count). The number of piperidine rings is 1. The normalized spacial score (nSPS) is 16.5. The number of nitrogens with one attached hydrogen (secondary N) is 1. The van der Waals surface area contributed by atoms with E-state index in [0.717, 1.165) is 37.2 Å². The number of nitrogens with zero attached hydrogens (tertiary/aromatic N) is 1. The lowest BCUT2D eigenvalue weighted by Crippen LogP contribution is -2.32. The first-order valence-electron chi connectivity index (χ1n) is 8.94. The minimum absolute atomic E-state index is 0.00380. The van der Waals surface area contributed by atoms with Crippen LogP contribution in [0, 0.1) is 0 Å². The molecule has 1 saturated heterocycles. The Hall–Kier alpha value is -2.49. The Kier molecular flexibility index (Phi) is 5.27. The lowest BCUT2D eigenvalue weighted by Gasteiger charge is -2.34. The van der Waals surface area contributed by atoms with Gasteiger partial charge in [-0.1, -0.05) is 30.3 Å². The van der Waals surface area contributed by atoms with Crippen molar-refractivity contribution in [1.29, 1.82) is 0 Å². The highest BCUT2D eigenvalue weighted by molar-refractivity contribution is 5.73. The summed E-state index contributed by atoms with van der Waals surface area (Å²) in [5, 5.41) is 12.6. The highest BCUT2D eigenvalue weighted by Crippen LogP contribution is 2.32. The van der Waals surface area contributed by atoms with E-state index in [-0.39, 0.29) is 11.9 Å². The predicted octanol–water partition coefficient (Wildman–Crippen LogP) is 3.97. The molecule has 1 aliphatic rings. The smallest absolute Gasteiger partial charge is 0.217 e. The largest absolute Gasteiger partial charge is 0.508 e. The highest BCUT2D eigenvalue weighted by atomic mass is 16.3. The molecule has 1 atom stereocenters. The second-order valence-electron chi connectivity index (χ2n) is 6.87. The molecular formula is C21H26N2O2. The predicted molar refractivity (Wildman–Crippen MR) is 101 cm³/mol. The third kappa shape index (κ3) is 4.32. The molecule has 2 N–H and O–H groups in total. The van der Waals surface area contributed by atoms with Crippen molar-refractivity contribution in [3.63, 3.8) is 0 Å². The average Bonchev–Trinajstić information content (AvgIpc) is 2.61. The first kappa shape index (κ1) is 17.3. The van der Waals surface area contributed by atoms with Crippen molar-refractivity contribution in [3.8, 4) is 5.75 Å². The van der Waals surface area contributed by atoms with Gasteiger partial charge in [-0.15, -0.1) is 0 Å². The van der Waals surface area contributed by atoms with Crippen molar-refractivity contribution < 1.29 is 9.90 Å². The minimum atomic E-state index is -0.00380. The van der Waals surface area contributed by atoms with Crippen LogP contribution in [0.2, 0.25) is 0 Å². The van der Waals surface area contributed by atoms with Crippen LogP contribution in [0.3, 0.4) is 0 Å². The van der Waals surface area contributed by atoms with E-state index >= 15 is 0 Å². The van der Waals surface area contributed by atoms with Crippen molar-refractivity contribution in [2.45, 2.75) is 38.6 Å². The fourth-order valence-corrected chi connectivity index (χ4v) is 3.61. The standard InChI is InChI=1S/C21H26N2O2/c1-15(22-16(2)24)17-6-8-18(9-7-17)19-10-12-23(13-11-19)20-4-3-5-21(25)14-20/h3-9,14-15,19,25H,10-13H2,1-2H3,(H,22,24)/t15-/m0/s1. The highest BCUT2D eigenvalue weighted by Gasteiger charge is 2.21. The lowest BCUT2D eigenvalue weighted by molar-refractivity contribution is -0.119. The summed E-state index contributed by atoms with van der Waals surface area (Å²) in [6.45, 7) is 5.55. The maximum atomic E-state index is 11.2. The molecule has 132 valence electrons. The van der Waals surface area contributed by atoms with E-state index in [9.17, 15) is 9.90 Å². The van der Waals surface area contributed by atoms with Crippen LogP contribution in [-0.2, 0) is 4.79 Å². The summed E-state index contributed by atoms with van der Waals surface area (Å²) < 4.78 is 0. The number of aromatic hydroxyl groups is 1. The van der Waals surface area contributed by atoms with E-state index in [1.807, 2.05) is 19.1 Å². The molecule has 0 spiro atoms. The maximum Gasteiger partial charge on any atom is 0.217 e. The monoisotopic (exact) mass is 338 g/mol. The van der Waals surface area contributed by atoms with Gasteiger partial charge in [0.15, 0.2) is 0 Å². The summed E-state index contributed by atoms with van der Waals surface area (Å²) in [5.74, 6) is 0.887. The zero-order valence-corrected chi connectivity index (χ0v) is 14.9. The van der Waals surface area contributed by atoms with Crippen LogP contribution in [0.5, 0.6) is 5.75 Å². The Bertz CT molecular complexity index is 719. The SMILES string of the molecule is CC(=O)N[C@@H](C)c1ccc(C2CCN(c3cccc(O)c3)CC2)cc1. The van der Waals surface area contributed by atoms with Gasteiger partial charge in [0.05, 0.1) is 6.04 Å². The molecular weight excluding hydrogens is 312 g/mol. The van der Waals surface area contributed by atoms with Gasteiger partial charge < -0.3 is 15.3 Å². The molecule has 0 radical (unpaired) electrons. The molecule has 1 aliphatic heterocycles. The van der Waals surface area contributed by atoms with Crippen molar-refractivity contribution in [3.05, 3.63) is 59.7 Å². The molecule has 0 aromatic heterocycles. The molecule has 25 heavy (non-hydrogen) atoms. The second kappa shape index (κ2) is 7.60. The van der Waals surface area contributed by atoms with Crippen LogP contribution >= 0.6 is 0 Å². The summed E-state index contributed by atoms with van der Waals surface area (Å²) in [6.07, 6.45) is 2.21. The number of carbonyl (C=O) groups is 1. The van der Waals surface area contributed by atoms with Gasteiger partial charge in [0.1, 0.15) is 5.75 Å². The molecule has 4 heteroatoms. The van der Waals surface area contributed by atoms with Crippen LogP contribution in [0.1, 0.15) is 49.8 Å². The average molecular weight is 338 g/mol. The molecule has 4 nitrogen and oxygen atoms in total. The fourth-order valence-electron chi connectivity index (χ4n) is 3.61. The molecule has 0 unspecified atom stereocenters. The van der Waals surface area contributed by atoms with E-state index in [2.05, 4.69) is 40.5 Å². The number of hydrogen-bond acceptors (Lipinski definition) is 3. The van der Waals surface area contributed by atoms with Gasteiger partial charge in [0.25, 0.3) is 0 Å². The van der Waals surface area contributed by atoms with Gasteiger partial charge >= 0.3 is 0 Å². The number of benzene rings is 2. The van der Waals surface area contributed by atoms with Gasteiger partial charge in [-0.25, -0.2) is 0 Å². The summed E-state index contributed by atoms with van der Waals surface area (Å²) in [5.41, 5.74) is 3.60. The number of hydrogen-bond donors (Lipinski definition) is 2. The Labute approximate surface area is 149 Å². The summed E-state index contributed by atoms with van der Waals surface area (Å²) >= 11 is 0. The van der Waals surface area contributed by atoms with Gasteiger partial charge in [-0.2, -0.15) is 0 Å². The summed E-state index contributed by atoms with van der Waals surface area (Å²) in [4.78, 5) is 13.5. The molecule has 2 aromatic carbocycles. The van der Waals surface area contributed by atoms with Gasteiger partial charge in [0.2, 0.25) is 5.91 Å². The van der Waals surface area contributed by atoms with Gasteiger partial charge in [-0.3, -0.25) is 4.79 Å². The number of rotatable bonds is 4. The van der Waals surface area contributed by atoms with E-state index in [1.165, 1.54) is 5.56 Å². The van der Waals surface area contributed by atoms with Crippen LogP contribution in [0.15, 0.2) is 48.5 Å². The van der Waals surface area contributed by atoms with Gasteiger partial charge in [0, 0.05) is 31.8 Å². The van der Waals surface area contributed by atoms with E-state index in [4.69, 9.17) is 0 Å². The quantitative estimate of drug-likeness (QED) is 0.887. The van der Waals surface area contributed by atoms with Gasteiger partial charge in [-0.05, 0) is 48.9 Å². The van der Waals surface area contributed by atoms with Crippen molar-refractivity contribution >= 4 is 11.6 Å². The number of amides is 1. The van der Waals surface area contributed by atoms with Crippen molar-refractivity contribution in [1.82, 2.24) is 5.32 Å². The summed E-state index contributed by atoms with van der Waals surface area (Å²) in [7, 11) is 0. The molecule has 2 aromatic rings. The Balaban J connectivity index is 1.60.